The third kappa shape index (κ3) is 3.73. The van der Waals surface area contributed by atoms with Gasteiger partial charge in [0, 0.05) is 10.5 Å². The van der Waals surface area contributed by atoms with Crippen LogP contribution >= 0.6 is 15.9 Å². The molecule has 0 aromatic heterocycles. The highest BCUT2D eigenvalue weighted by Crippen LogP contribution is 2.29. The van der Waals surface area contributed by atoms with Gasteiger partial charge in [0.1, 0.15) is 5.75 Å². The Morgan fingerprint density at radius 1 is 1.16 bits per heavy atom. The number of nitrogens with one attached hydrogen (secondary N) is 1. The molecule has 3 rings (SSSR count). The van der Waals surface area contributed by atoms with E-state index in [1.807, 2.05) is 0 Å². The molecule has 2 nitrogen and oxygen atoms in total. The number of benzene rings is 1. The number of halogens is 1. The topological polar surface area (TPSA) is 21.3 Å². The summed E-state index contributed by atoms with van der Waals surface area (Å²) in [5.74, 6) is 1.81. The molecule has 19 heavy (non-hydrogen) atoms. The lowest BCUT2D eigenvalue weighted by molar-refractivity contribution is 0.180. The third-order valence-electron chi connectivity index (χ3n) is 4.29. The Labute approximate surface area is 124 Å². The number of ether oxygens (including phenoxy) is 1. The average Bonchev–Trinajstić information content (AvgIpc) is 2.79. The first-order chi connectivity index (χ1) is 9.29. The van der Waals surface area contributed by atoms with Crippen molar-refractivity contribution in [2.75, 3.05) is 13.2 Å². The van der Waals surface area contributed by atoms with E-state index < -0.39 is 0 Å². The molecule has 2 fully saturated rings. The lowest BCUT2D eigenvalue weighted by Crippen LogP contribution is -2.23. The maximum atomic E-state index is 5.95. The molecule has 104 valence electrons. The van der Waals surface area contributed by atoms with Crippen LogP contribution in [0.15, 0.2) is 22.7 Å². The zero-order valence-corrected chi connectivity index (χ0v) is 12.9. The Kier molecular flexibility index (Phi) is 4.44. The van der Waals surface area contributed by atoms with E-state index in [9.17, 15) is 0 Å². The molecule has 1 N–H and O–H groups in total. The summed E-state index contributed by atoms with van der Waals surface area (Å²) in [4.78, 5) is 0. The van der Waals surface area contributed by atoms with Crippen LogP contribution in [-0.2, 0) is 6.42 Å². The van der Waals surface area contributed by atoms with Crippen LogP contribution in [0.3, 0.4) is 0 Å². The van der Waals surface area contributed by atoms with Crippen LogP contribution in [0.25, 0.3) is 0 Å². The van der Waals surface area contributed by atoms with Crippen LogP contribution in [-0.4, -0.2) is 19.2 Å². The highest BCUT2D eigenvalue weighted by Gasteiger charge is 2.18. The highest BCUT2D eigenvalue weighted by molar-refractivity contribution is 9.10. The van der Waals surface area contributed by atoms with Crippen LogP contribution in [0.4, 0.5) is 0 Å². The van der Waals surface area contributed by atoms with Crippen molar-refractivity contribution in [2.24, 2.45) is 5.92 Å². The third-order valence-corrected chi connectivity index (χ3v) is 4.74. The van der Waals surface area contributed by atoms with Gasteiger partial charge in [-0.2, -0.15) is 0 Å². The van der Waals surface area contributed by atoms with Gasteiger partial charge in [0.25, 0.3) is 0 Å². The molecular weight excluding hydrogens is 302 g/mol. The Balaban J connectivity index is 1.60. The first kappa shape index (κ1) is 13.4. The van der Waals surface area contributed by atoms with Crippen LogP contribution < -0.4 is 10.1 Å². The first-order valence-corrected chi connectivity index (χ1v) is 8.24. The van der Waals surface area contributed by atoms with Crippen molar-refractivity contribution in [3.8, 4) is 5.75 Å². The van der Waals surface area contributed by atoms with E-state index in [2.05, 4.69) is 39.4 Å². The van der Waals surface area contributed by atoms with Gasteiger partial charge in [-0.05, 0) is 68.3 Å². The summed E-state index contributed by atoms with van der Waals surface area (Å²) in [5, 5.41) is 3.56. The van der Waals surface area contributed by atoms with Crippen molar-refractivity contribution < 1.29 is 4.74 Å². The fourth-order valence-corrected chi connectivity index (χ4v) is 3.43. The summed E-state index contributed by atoms with van der Waals surface area (Å²) in [6.07, 6.45) is 7.78. The van der Waals surface area contributed by atoms with Gasteiger partial charge in [-0.1, -0.05) is 22.4 Å². The van der Waals surface area contributed by atoms with Gasteiger partial charge in [-0.15, -0.1) is 0 Å². The molecule has 1 saturated heterocycles. The molecule has 2 aliphatic rings. The van der Waals surface area contributed by atoms with Gasteiger partial charge < -0.3 is 10.1 Å². The Bertz CT molecular complexity index is 425. The zero-order valence-electron chi connectivity index (χ0n) is 11.3. The molecule has 0 spiro atoms. The Hall–Kier alpha value is -0.540. The Morgan fingerprint density at radius 3 is 2.74 bits per heavy atom. The van der Waals surface area contributed by atoms with E-state index in [1.165, 1.54) is 44.2 Å². The molecule has 1 aliphatic carbocycles. The summed E-state index contributed by atoms with van der Waals surface area (Å²) in [6, 6.07) is 7.16. The maximum Gasteiger partial charge on any atom is 0.120 e. The summed E-state index contributed by atoms with van der Waals surface area (Å²) in [5.41, 5.74) is 1.37. The van der Waals surface area contributed by atoms with Gasteiger partial charge in [0.15, 0.2) is 0 Å². The number of rotatable bonds is 5. The average molecular weight is 324 g/mol. The van der Waals surface area contributed by atoms with Gasteiger partial charge in [0.2, 0.25) is 0 Å². The molecule has 0 radical (unpaired) electrons. The lowest BCUT2D eigenvalue weighted by atomic mass is 9.86. The molecule has 0 amide bonds. The summed E-state index contributed by atoms with van der Waals surface area (Å²) in [7, 11) is 0. The van der Waals surface area contributed by atoms with E-state index in [4.69, 9.17) is 4.74 Å². The standard InChI is InChI=1S/C16H22BrNO/c17-14-7-13(8-15-5-2-6-18-15)9-16(10-14)19-11-12-3-1-4-12/h7,9-10,12,15,18H,1-6,8,11H2. The monoisotopic (exact) mass is 323 g/mol. The molecule has 1 atom stereocenters. The van der Waals surface area contributed by atoms with Crippen molar-refractivity contribution in [2.45, 2.75) is 44.6 Å². The predicted molar refractivity (Wildman–Crippen MR) is 81.7 cm³/mol. The van der Waals surface area contributed by atoms with Crippen LogP contribution in [0.5, 0.6) is 5.75 Å². The van der Waals surface area contributed by atoms with Crippen molar-refractivity contribution in [3.63, 3.8) is 0 Å². The first-order valence-electron chi connectivity index (χ1n) is 7.45. The van der Waals surface area contributed by atoms with E-state index >= 15 is 0 Å². The normalized spacial score (nSPS) is 23.3. The van der Waals surface area contributed by atoms with Crippen molar-refractivity contribution in [1.82, 2.24) is 5.32 Å². The van der Waals surface area contributed by atoms with Gasteiger partial charge in [0.05, 0.1) is 6.61 Å². The van der Waals surface area contributed by atoms with E-state index in [-0.39, 0.29) is 0 Å². The van der Waals surface area contributed by atoms with Crippen molar-refractivity contribution in [1.29, 1.82) is 0 Å². The van der Waals surface area contributed by atoms with Crippen LogP contribution in [0, 0.1) is 5.92 Å². The molecule has 3 heteroatoms. The fraction of sp³-hybridized carbons (Fsp3) is 0.625. The van der Waals surface area contributed by atoms with Gasteiger partial charge in [-0.25, -0.2) is 0 Å². The zero-order chi connectivity index (χ0) is 13.1. The summed E-state index contributed by atoms with van der Waals surface area (Å²) >= 11 is 3.60. The minimum absolute atomic E-state index is 0.647. The van der Waals surface area contributed by atoms with Crippen molar-refractivity contribution >= 4 is 15.9 Å². The predicted octanol–water partition coefficient (Wildman–Crippen LogP) is 3.92. The second kappa shape index (κ2) is 6.27. The highest BCUT2D eigenvalue weighted by atomic mass is 79.9. The minimum atomic E-state index is 0.647. The smallest absolute Gasteiger partial charge is 0.120 e. The van der Waals surface area contributed by atoms with E-state index in [0.717, 1.165) is 29.2 Å². The van der Waals surface area contributed by atoms with E-state index in [0.29, 0.717) is 6.04 Å². The summed E-state index contributed by atoms with van der Waals surface area (Å²) < 4.78 is 7.08. The molecule has 1 saturated carbocycles. The second-order valence-corrected chi connectivity index (χ2v) is 6.82. The lowest BCUT2D eigenvalue weighted by Gasteiger charge is -2.25. The molecule has 1 aromatic carbocycles. The number of hydrogen-bond donors (Lipinski definition) is 1. The molecule has 0 bridgehead atoms. The minimum Gasteiger partial charge on any atom is -0.493 e. The number of hydrogen-bond acceptors (Lipinski definition) is 2. The molecule has 1 heterocycles. The maximum absolute atomic E-state index is 5.95. The Morgan fingerprint density at radius 2 is 2.05 bits per heavy atom. The van der Waals surface area contributed by atoms with Crippen LogP contribution in [0.2, 0.25) is 0 Å². The second-order valence-electron chi connectivity index (χ2n) is 5.90. The van der Waals surface area contributed by atoms with E-state index in [1.54, 1.807) is 0 Å². The summed E-state index contributed by atoms with van der Waals surface area (Å²) in [6.45, 7) is 2.06. The molecule has 1 unspecified atom stereocenters. The molecule has 1 aliphatic heterocycles. The largest absolute Gasteiger partial charge is 0.493 e. The van der Waals surface area contributed by atoms with Gasteiger partial charge in [-0.3, -0.25) is 0 Å². The SMILES string of the molecule is Brc1cc(CC2CCCN2)cc(OCC2CCC2)c1. The van der Waals surface area contributed by atoms with Crippen LogP contribution in [0.1, 0.15) is 37.7 Å². The molecular formula is C16H22BrNO. The molecule has 1 aromatic rings. The van der Waals surface area contributed by atoms with Gasteiger partial charge >= 0.3 is 0 Å². The quantitative estimate of drug-likeness (QED) is 0.886. The van der Waals surface area contributed by atoms with Crippen molar-refractivity contribution in [3.05, 3.63) is 28.2 Å². The fourth-order valence-electron chi connectivity index (χ4n) is 2.91.